The summed E-state index contributed by atoms with van der Waals surface area (Å²) in [7, 11) is 1.95. The fourth-order valence-electron chi connectivity index (χ4n) is 1.65. The number of ketones is 1. The second-order valence-electron chi connectivity index (χ2n) is 5.65. The summed E-state index contributed by atoms with van der Waals surface area (Å²) < 4.78 is 35.0. The first-order chi connectivity index (χ1) is 14.5. The van der Waals surface area contributed by atoms with Crippen molar-refractivity contribution in [3.05, 3.63) is 28.7 Å². The van der Waals surface area contributed by atoms with Gasteiger partial charge in [0.05, 0.1) is 10.8 Å². The Bertz CT molecular complexity index is 699. The maximum Gasteiger partial charge on any atom is 0.407 e. The van der Waals surface area contributed by atoms with E-state index in [1.165, 1.54) is 16.8 Å². The zero-order chi connectivity index (χ0) is 24.3. The molecule has 31 heavy (non-hydrogen) atoms. The molecular weight excluding hydrogens is 453 g/mol. The van der Waals surface area contributed by atoms with Crippen LogP contribution in [0.3, 0.4) is 0 Å². The minimum Gasteiger partial charge on any atom is -0.481 e. The molecule has 1 aromatic heterocycles. The molecule has 0 aromatic carbocycles. The Morgan fingerprint density at radius 2 is 1.94 bits per heavy atom. The molecule has 0 spiro atoms. The van der Waals surface area contributed by atoms with E-state index in [0.717, 1.165) is 24.4 Å². The van der Waals surface area contributed by atoms with Gasteiger partial charge in [0.1, 0.15) is 12.8 Å². The van der Waals surface area contributed by atoms with Crippen LogP contribution in [0, 0.1) is 0 Å². The van der Waals surface area contributed by atoms with Crippen molar-refractivity contribution in [1.29, 1.82) is 0 Å². The van der Waals surface area contributed by atoms with Crippen LogP contribution in [-0.2, 0) is 20.8 Å². The second-order valence-corrected chi connectivity index (χ2v) is 7.85. The molecule has 0 amide bonds. The number of aryl methyl sites for hydroxylation is 1. The summed E-state index contributed by atoms with van der Waals surface area (Å²) in [6, 6.07) is 4.28. The van der Waals surface area contributed by atoms with Crippen molar-refractivity contribution in [2.24, 2.45) is 4.99 Å². The number of thiophene rings is 1. The SMILES string of the molecule is CC/C=C(\C=NCC(F)(F)F)C(C)=O.CCc1ccc(NC)s1.O=CCSCC(=O)O. The lowest BCUT2D eigenvalue weighted by Gasteiger charge is -2.00. The van der Waals surface area contributed by atoms with Crippen molar-refractivity contribution in [3.8, 4) is 0 Å². The van der Waals surface area contributed by atoms with Gasteiger partial charge in [-0.05, 0) is 31.9 Å². The van der Waals surface area contributed by atoms with Gasteiger partial charge < -0.3 is 15.2 Å². The van der Waals surface area contributed by atoms with Gasteiger partial charge in [0, 0.05) is 29.5 Å². The molecule has 1 aromatic rings. The number of aliphatic imine (C=N–C) groups is 1. The third-order valence-electron chi connectivity index (χ3n) is 3.00. The topological polar surface area (TPSA) is 95.8 Å². The highest BCUT2D eigenvalue weighted by Crippen LogP contribution is 2.20. The van der Waals surface area contributed by atoms with Gasteiger partial charge in [-0.25, -0.2) is 0 Å². The van der Waals surface area contributed by atoms with Crippen molar-refractivity contribution in [1.82, 2.24) is 0 Å². The maximum absolute atomic E-state index is 11.7. The van der Waals surface area contributed by atoms with Gasteiger partial charge in [0.25, 0.3) is 0 Å². The summed E-state index contributed by atoms with van der Waals surface area (Å²) >= 11 is 2.92. The summed E-state index contributed by atoms with van der Waals surface area (Å²) in [5.41, 5.74) is 0.219. The second kappa shape index (κ2) is 18.6. The predicted octanol–water partition coefficient (Wildman–Crippen LogP) is 4.90. The number of aliphatic carboxylic acids is 1. The Labute approximate surface area is 189 Å². The van der Waals surface area contributed by atoms with E-state index in [2.05, 4.69) is 29.4 Å². The standard InChI is InChI=1S/C9H12F3NO.C7H11NS.C4H6O3S/c1-3-4-8(7(2)14)5-13-6-9(10,11)12;1-3-6-4-5-7(8-2)9-6;5-1-2-8-3-4(6)7/h4-5H,3,6H2,1-2H3;4-5,8H,3H2,1-2H3;1H,2-3H2,(H,6,7)/b8-4+,13-5?;;. The number of carbonyl (C=O) groups is 3. The number of hydrogen-bond donors (Lipinski definition) is 2. The molecule has 176 valence electrons. The normalized spacial score (nSPS) is 11.1. The molecular formula is C20H29F3N2O4S2. The van der Waals surface area contributed by atoms with Crippen LogP contribution in [-0.4, -0.2) is 60.6 Å². The number of Topliss-reactive ketones (excluding diaryl/α,β-unsaturated/α-hetero) is 1. The molecule has 11 heteroatoms. The van der Waals surface area contributed by atoms with Crippen LogP contribution in [0.15, 0.2) is 28.8 Å². The minimum atomic E-state index is -4.31. The van der Waals surface area contributed by atoms with Gasteiger partial charge in [-0.3, -0.25) is 14.6 Å². The third kappa shape index (κ3) is 20.9. The van der Waals surface area contributed by atoms with Gasteiger partial charge in [0.2, 0.25) is 0 Å². The van der Waals surface area contributed by atoms with Gasteiger partial charge in [-0.1, -0.05) is 19.9 Å². The number of rotatable bonds is 10. The monoisotopic (exact) mass is 482 g/mol. The number of nitrogens with zero attached hydrogens (tertiary/aromatic N) is 1. The quantitative estimate of drug-likeness (QED) is 0.213. The maximum atomic E-state index is 11.7. The number of nitrogens with one attached hydrogen (secondary N) is 1. The Balaban J connectivity index is 0. The number of anilines is 1. The van der Waals surface area contributed by atoms with E-state index >= 15 is 0 Å². The average molecular weight is 483 g/mol. The first kappa shape index (κ1) is 31.0. The average Bonchev–Trinajstić information content (AvgIpc) is 3.16. The largest absolute Gasteiger partial charge is 0.481 e. The van der Waals surface area contributed by atoms with E-state index < -0.39 is 18.7 Å². The molecule has 0 unspecified atom stereocenters. The summed E-state index contributed by atoms with van der Waals surface area (Å²) in [5, 5.41) is 12.4. The van der Waals surface area contributed by atoms with E-state index in [1.807, 2.05) is 18.4 Å². The highest BCUT2D eigenvalue weighted by molar-refractivity contribution is 8.00. The smallest absolute Gasteiger partial charge is 0.407 e. The van der Waals surface area contributed by atoms with E-state index in [1.54, 1.807) is 13.0 Å². The zero-order valence-electron chi connectivity index (χ0n) is 18.0. The lowest BCUT2D eigenvalue weighted by atomic mass is 10.2. The zero-order valence-corrected chi connectivity index (χ0v) is 19.6. The Morgan fingerprint density at radius 1 is 1.29 bits per heavy atom. The van der Waals surface area contributed by atoms with Crippen LogP contribution in [0.25, 0.3) is 0 Å². The number of halogens is 3. The van der Waals surface area contributed by atoms with Crippen molar-refractivity contribution >= 4 is 52.4 Å². The number of alkyl halides is 3. The van der Waals surface area contributed by atoms with Crippen molar-refractivity contribution in [3.63, 3.8) is 0 Å². The molecule has 6 nitrogen and oxygen atoms in total. The van der Waals surface area contributed by atoms with Crippen LogP contribution >= 0.6 is 23.1 Å². The number of carboxylic acid groups (broad SMARTS) is 1. The van der Waals surface area contributed by atoms with Crippen LogP contribution < -0.4 is 5.32 Å². The lowest BCUT2D eigenvalue weighted by molar-refractivity contribution is -0.134. The molecule has 0 saturated heterocycles. The summed E-state index contributed by atoms with van der Waals surface area (Å²) in [4.78, 5) is 34.7. The molecule has 0 aliphatic rings. The molecule has 2 N–H and O–H groups in total. The van der Waals surface area contributed by atoms with E-state index in [-0.39, 0.29) is 22.9 Å². The molecule has 0 atom stereocenters. The van der Waals surface area contributed by atoms with Gasteiger partial charge in [0.15, 0.2) is 5.78 Å². The molecule has 0 bridgehead atoms. The predicted molar refractivity (Wildman–Crippen MR) is 123 cm³/mol. The Morgan fingerprint density at radius 3 is 2.29 bits per heavy atom. The first-order valence-corrected chi connectivity index (χ1v) is 11.2. The summed E-state index contributed by atoms with van der Waals surface area (Å²) in [6.07, 6.45) is 0.624. The Hall–Kier alpha value is -2.14. The van der Waals surface area contributed by atoms with Crippen LogP contribution in [0.1, 0.15) is 32.1 Å². The van der Waals surface area contributed by atoms with Gasteiger partial charge in [-0.15, -0.1) is 23.1 Å². The van der Waals surface area contributed by atoms with Gasteiger partial charge in [-0.2, -0.15) is 13.2 Å². The fraction of sp³-hybridized carbons (Fsp3) is 0.500. The summed E-state index contributed by atoms with van der Waals surface area (Å²) in [5.74, 6) is -0.875. The van der Waals surface area contributed by atoms with Gasteiger partial charge >= 0.3 is 12.1 Å². The van der Waals surface area contributed by atoms with Crippen molar-refractivity contribution in [2.75, 3.05) is 30.4 Å². The van der Waals surface area contributed by atoms with Crippen LogP contribution in [0.2, 0.25) is 0 Å². The van der Waals surface area contributed by atoms with E-state index in [0.29, 0.717) is 12.7 Å². The lowest BCUT2D eigenvalue weighted by Crippen LogP contribution is -2.12. The van der Waals surface area contributed by atoms with Crippen LogP contribution in [0.4, 0.5) is 18.2 Å². The molecule has 0 radical (unpaired) electrons. The van der Waals surface area contributed by atoms with E-state index in [4.69, 9.17) is 5.11 Å². The molecule has 0 saturated carbocycles. The molecule has 1 heterocycles. The molecule has 0 fully saturated rings. The number of aldehydes is 1. The Kier molecular flexibility index (Phi) is 18.6. The summed E-state index contributed by atoms with van der Waals surface area (Å²) in [6.45, 7) is 4.01. The minimum absolute atomic E-state index is 0.0126. The van der Waals surface area contributed by atoms with Crippen LogP contribution in [0.5, 0.6) is 0 Å². The molecule has 0 aliphatic carbocycles. The van der Waals surface area contributed by atoms with Crippen molar-refractivity contribution in [2.45, 2.75) is 39.8 Å². The third-order valence-corrected chi connectivity index (χ3v) is 5.07. The fourth-order valence-corrected chi connectivity index (χ4v) is 2.84. The number of hydrogen-bond acceptors (Lipinski definition) is 7. The molecule has 1 rings (SSSR count). The van der Waals surface area contributed by atoms with E-state index in [9.17, 15) is 27.6 Å². The molecule has 0 aliphatic heterocycles. The number of carboxylic acids is 1. The number of allylic oxidation sites excluding steroid dienone is 2. The number of thioether (sulfide) groups is 1. The first-order valence-electron chi connectivity index (χ1n) is 9.27. The highest BCUT2D eigenvalue weighted by Gasteiger charge is 2.25. The van der Waals surface area contributed by atoms with Crippen molar-refractivity contribution < 1.29 is 32.7 Å². The highest BCUT2D eigenvalue weighted by atomic mass is 32.2. The number of carbonyl (C=O) groups excluding carboxylic acids is 2.